The van der Waals surface area contributed by atoms with Gasteiger partial charge in [-0.25, -0.2) is 9.59 Å². The van der Waals surface area contributed by atoms with Crippen molar-refractivity contribution in [3.05, 3.63) is 71.8 Å². The minimum absolute atomic E-state index is 0.153. The van der Waals surface area contributed by atoms with Crippen molar-refractivity contribution in [1.29, 1.82) is 0 Å². The molecule has 0 radical (unpaired) electrons. The van der Waals surface area contributed by atoms with E-state index >= 15 is 0 Å². The second-order valence-corrected chi connectivity index (χ2v) is 10.4. The maximum atomic E-state index is 13.1. The molecule has 0 aromatic heterocycles. The third kappa shape index (κ3) is 7.30. The van der Waals surface area contributed by atoms with Crippen molar-refractivity contribution in [2.45, 2.75) is 71.9 Å². The maximum Gasteiger partial charge on any atom is 0.411 e. The Balaban J connectivity index is 1.71. The number of ether oxygens (including phenoxy) is 2. The number of carbonyl (C=O) groups is 2. The number of rotatable bonds is 7. The van der Waals surface area contributed by atoms with E-state index in [0.29, 0.717) is 13.0 Å². The number of amides is 1. The number of hydroxylamine groups is 1. The highest BCUT2D eigenvalue weighted by atomic mass is 16.6. The first-order valence-electron chi connectivity index (χ1n) is 11.7. The van der Waals surface area contributed by atoms with Crippen LogP contribution in [0.2, 0.25) is 0 Å². The lowest BCUT2D eigenvalue weighted by molar-refractivity contribution is -0.157. The quantitative estimate of drug-likeness (QED) is 0.462. The number of benzene rings is 2. The molecule has 184 valence electrons. The van der Waals surface area contributed by atoms with Crippen LogP contribution in [0.5, 0.6) is 0 Å². The van der Waals surface area contributed by atoms with Crippen molar-refractivity contribution < 1.29 is 23.9 Å². The molecule has 34 heavy (non-hydrogen) atoms. The average Bonchev–Trinajstić information content (AvgIpc) is 2.78. The molecule has 7 heteroatoms. The summed E-state index contributed by atoms with van der Waals surface area (Å²) in [4.78, 5) is 33.4. The fourth-order valence-corrected chi connectivity index (χ4v) is 3.88. The summed E-state index contributed by atoms with van der Waals surface area (Å²) in [6.45, 7) is 10.3. The molecule has 2 aromatic rings. The molecule has 1 saturated heterocycles. The van der Waals surface area contributed by atoms with Crippen molar-refractivity contribution in [3.63, 3.8) is 0 Å². The molecule has 0 bridgehead atoms. The van der Waals surface area contributed by atoms with Crippen molar-refractivity contribution in [2.24, 2.45) is 5.41 Å². The smallest absolute Gasteiger partial charge is 0.411 e. The van der Waals surface area contributed by atoms with Crippen LogP contribution in [0.1, 0.15) is 52.2 Å². The van der Waals surface area contributed by atoms with Crippen molar-refractivity contribution in [2.75, 3.05) is 6.54 Å². The Bertz CT molecular complexity index is 940. The lowest BCUT2D eigenvalue weighted by Gasteiger charge is -2.47. The van der Waals surface area contributed by atoms with Crippen LogP contribution in [0.15, 0.2) is 60.7 Å². The van der Waals surface area contributed by atoms with Crippen LogP contribution < -0.4 is 5.48 Å². The van der Waals surface area contributed by atoms with Gasteiger partial charge in [-0.15, -0.1) is 0 Å². The van der Waals surface area contributed by atoms with Gasteiger partial charge in [0, 0.05) is 6.54 Å². The summed E-state index contributed by atoms with van der Waals surface area (Å²) < 4.78 is 11.2. The summed E-state index contributed by atoms with van der Waals surface area (Å²) in [7, 11) is 0. The van der Waals surface area contributed by atoms with Crippen LogP contribution in [-0.2, 0) is 32.3 Å². The normalized spacial score (nSPS) is 20.0. The lowest BCUT2D eigenvalue weighted by atomic mass is 9.75. The topological polar surface area (TPSA) is 77.1 Å². The summed E-state index contributed by atoms with van der Waals surface area (Å²) in [6.07, 6.45) is -0.133. The second kappa shape index (κ2) is 11.0. The third-order valence-corrected chi connectivity index (χ3v) is 5.85. The van der Waals surface area contributed by atoms with Crippen molar-refractivity contribution in [1.82, 2.24) is 10.4 Å². The molecule has 1 aliphatic heterocycles. The zero-order valence-electron chi connectivity index (χ0n) is 20.7. The Labute approximate surface area is 202 Å². The molecule has 3 rings (SSSR count). The molecule has 0 spiro atoms. The average molecular weight is 469 g/mol. The largest absolute Gasteiger partial charge is 0.459 e. The molecular weight excluding hydrogens is 432 g/mol. The van der Waals surface area contributed by atoms with Crippen LogP contribution in [0, 0.1) is 5.41 Å². The van der Waals surface area contributed by atoms with E-state index < -0.39 is 23.7 Å². The minimum Gasteiger partial charge on any atom is -0.459 e. The summed E-state index contributed by atoms with van der Waals surface area (Å²) >= 11 is 0. The summed E-state index contributed by atoms with van der Waals surface area (Å²) in [6, 6.07) is 18.4. The zero-order chi connectivity index (χ0) is 24.8. The van der Waals surface area contributed by atoms with Gasteiger partial charge in [-0.2, -0.15) is 5.48 Å². The highest BCUT2D eigenvalue weighted by molar-refractivity contribution is 5.82. The first kappa shape index (κ1) is 25.7. The Morgan fingerprint density at radius 3 is 2.09 bits per heavy atom. The number of hydrogen-bond acceptors (Lipinski definition) is 6. The molecule has 1 fully saturated rings. The Morgan fingerprint density at radius 2 is 1.53 bits per heavy atom. The van der Waals surface area contributed by atoms with Gasteiger partial charge in [0.05, 0.1) is 12.6 Å². The molecular formula is C27H36N2O5. The van der Waals surface area contributed by atoms with E-state index in [9.17, 15) is 9.59 Å². The van der Waals surface area contributed by atoms with Crippen LogP contribution in [0.25, 0.3) is 0 Å². The van der Waals surface area contributed by atoms with Gasteiger partial charge in [0.15, 0.2) is 0 Å². The zero-order valence-corrected chi connectivity index (χ0v) is 20.7. The Morgan fingerprint density at radius 1 is 0.971 bits per heavy atom. The maximum absolute atomic E-state index is 13.1. The van der Waals surface area contributed by atoms with Gasteiger partial charge in [-0.05, 0) is 43.7 Å². The van der Waals surface area contributed by atoms with E-state index in [4.69, 9.17) is 14.3 Å². The van der Waals surface area contributed by atoms with Crippen molar-refractivity contribution >= 4 is 12.1 Å². The Kier molecular flexibility index (Phi) is 8.33. The number of carbonyl (C=O) groups excluding carboxylic acids is 2. The standard InChI is InChI=1S/C27H36N2O5/c1-26(2,3)34-25(31)29-17-23(28-33-19-21-14-10-7-11-15-21)27(4,5)16-22(29)24(30)32-18-20-12-8-6-9-13-20/h6-15,22-23,28H,16-19H2,1-5H3. The van der Waals surface area contributed by atoms with Crippen LogP contribution in [0.4, 0.5) is 4.79 Å². The van der Waals surface area contributed by atoms with E-state index in [1.54, 1.807) is 20.8 Å². The molecule has 0 aliphatic carbocycles. The predicted molar refractivity (Wildman–Crippen MR) is 130 cm³/mol. The minimum atomic E-state index is -0.749. The van der Waals surface area contributed by atoms with Crippen LogP contribution >= 0.6 is 0 Å². The van der Waals surface area contributed by atoms with E-state index in [1.165, 1.54) is 4.90 Å². The van der Waals surface area contributed by atoms with E-state index in [0.717, 1.165) is 11.1 Å². The first-order chi connectivity index (χ1) is 16.0. The highest BCUT2D eigenvalue weighted by Gasteiger charge is 2.47. The molecule has 1 amide bonds. The Hall–Kier alpha value is -2.90. The van der Waals surface area contributed by atoms with Crippen LogP contribution in [0.3, 0.4) is 0 Å². The molecule has 2 atom stereocenters. The monoisotopic (exact) mass is 468 g/mol. The molecule has 7 nitrogen and oxygen atoms in total. The van der Waals surface area contributed by atoms with Gasteiger partial charge >= 0.3 is 12.1 Å². The fourth-order valence-electron chi connectivity index (χ4n) is 3.88. The molecule has 1 N–H and O–H groups in total. The van der Waals surface area contributed by atoms with Gasteiger partial charge < -0.3 is 9.47 Å². The van der Waals surface area contributed by atoms with Gasteiger partial charge in [-0.1, -0.05) is 74.5 Å². The van der Waals surface area contributed by atoms with E-state index in [2.05, 4.69) is 19.3 Å². The van der Waals surface area contributed by atoms with Crippen molar-refractivity contribution in [3.8, 4) is 0 Å². The lowest BCUT2D eigenvalue weighted by Crippen LogP contribution is -2.62. The summed E-state index contributed by atoms with van der Waals surface area (Å²) in [5.74, 6) is -0.438. The number of piperidine rings is 1. The third-order valence-electron chi connectivity index (χ3n) is 5.85. The number of nitrogens with one attached hydrogen (secondary N) is 1. The molecule has 2 aromatic carbocycles. The van der Waals surface area contributed by atoms with E-state index in [1.807, 2.05) is 60.7 Å². The highest BCUT2D eigenvalue weighted by Crippen LogP contribution is 2.36. The molecule has 0 saturated carbocycles. The fraction of sp³-hybridized carbons (Fsp3) is 0.481. The number of likely N-dealkylation sites (tertiary alicyclic amines) is 1. The second-order valence-electron chi connectivity index (χ2n) is 10.4. The summed E-state index contributed by atoms with van der Waals surface area (Å²) in [5, 5.41) is 0. The summed E-state index contributed by atoms with van der Waals surface area (Å²) in [5.41, 5.74) is 4.03. The van der Waals surface area contributed by atoms with Gasteiger partial charge in [-0.3, -0.25) is 9.74 Å². The number of nitrogens with zero attached hydrogens (tertiary/aromatic N) is 1. The molecule has 1 heterocycles. The molecule has 1 aliphatic rings. The van der Waals surface area contributed by atoms with E-state index in [-0.39, 0.29) is 24.6 Å². The first-order valence-corrected chi connectivity index (χ1v) is 11.7. The SMILES string of the molecule is CC(C)(C)OC(=O)N1CC(NOCc2ccccc2)C(C)(C)CC1C(=O)OCc1ccccc1. The van der Waals surface area contributed by atoms with Crippen LogP contribution in [-0.4, -0.2) is 41.2 Å². The molecule has 2 unspecified atom stereocenters. The van der Waals surface area contributed by atoms with Gasteiger partial charge in [0.25, 0.3) is 0 Å². The van der Waals surface area contributed by atoms with Gasteiger partial charge in [0.1, 0.15) is 18.2 Å². The number of esters is 1. The number of hydrogen-bond donors (Lipinski definition) is 1. The van der Waals surface area contributed by atoms with Gasteiger partial charge in [0.2, 0.25) is 0 Å². The predicted octanol–water partition coefficient (Wildman–Crippen LogP) is 4.86.